The minimum atomic E-state index is -0.438. The van der Waals surface area contributed by atoms with Gasteiger partial charge in [-0.3, -0.25) is 0 Å². The van der Waals surface area contributed by atoms with Crippen molar-refractivity contribution in [1.29, 1.82) is 5.26 Å². The van der Waals surface area contributed by atoms with Crippen LogP contribution in [0.5, 0.6) is 0 Å². The van der Waals surface area contributed by atoms with Crippen LogP contribution in [-0.4, -0.2) is 9.97 Å². The van der Waals surface area contributed by atoms with Crippen molar-refractivity contribution in [3.05, 3.63) is 23.8 Å². The summed E-state index contributed by atoms with van der Waals surface area (Å²) in [6.45, 7) is 4.44. The molecule has 1 aromatic heterocycles. The largest absolute Gasteiger partial charge is 0.239 e. The first kappa shape index (κ1) is 16.9. The lowest BCUT2D eigenvalue weighted by atomic mass is 9.69. The summed E-state index contributed by atoms with van der Waals surface area (Å²) in [5.41, 5.74) is 0.752. The Hall–Kier alpha value is -1.43. The third-order valence-electron chi connectivity index (χ3n) is 5.09. The molecule has 1 heterocycles. The van der Waals surface area contributed by atoms with E-state index in [1.54, 1.807) is 0 Å². The molecule has 0 saturated heterocycles. The molecular formula is C19H29N3. The van der Waals surface area contributed by atoms with E-state index in [0.29, 0.717) is 0 Å². The molecule has 0 radical (unpaired) electrons. The van der Waals surface area contributed by atoms with Gasteiger partial charge in [-0.1, -0.05) is 39.5 Å². The van der Waals surface area contributed by atoms with Crippen molar-refractivity contribution in [2.75, 3.05) is 0 Å². The lowest BCUT2D eigenvalue weighted by Gasteiger charge is -2.33. The van der Waals surface area contributed by atoms with E-state index in [-0.39, 0.29) is 0 Å². The quantitative estimate of drug-likeness (QED) is 0.715. The van der Waals surface area contributed by atoms with Crippen molar-refractivity contribution in [2.24, 2.45) is 5.92 Å². The van der Waals surface area contributed by atoms with Gasteiger partial charge < -0.3 is 0 Å². The SMILES string of the molecule is CCCCc1cnc([C@]2(C#N)CC[C@H](CCCC)CC2)nc1. The van der Waals surface area contributed by atoms with Crippen LogP contribution in [0.25, 0.3) is 0 Å². The summed E-state index contributed by atoms with van der Waals surface area (Å²) in [5, 5.41) is 9.74. The van der Waals surface area contributed by atoms with Gasteiger partial charge in [-0.15, -0.1) is 0 Å². The third-order valence-corrected chi connectivity index (χ3v) is 5.09. The van der Waals surface area contributed by atoms with Crippen LogP contribution in [-0.2, 0) is 11.8 Å². The first-order chi connectivity index (χ1) is 10.7. The highest BCUT2D eigenvalue weighted by Crippen LogP contribution is 2.41. The number of aromatic nitrogens is 2. The lowest BCUT2D eigenvalue weighted by molar-refractivity contribution is 0.255. The summed E-state index contributed by atoms with van der Waals surface area (Å²) in [4.78, 5) is 9.10. The maximum absolute atomic E-state index is 9.74. The van der Waals surface area contributed by atoms with E-state index in [4.69, 9.17) is 0 Å². The Morgan fingerprint density at radius 3 is 2.32 bits per heavy atom. The molecule has 0 bridgehead atoms. The molecule has 1 saturated carbocycles. The highest BCUT2D eigenvalue weighted by Gasteiger charge is 2.39. The zero-order valence-corrected chi connectivity index (χ0v) is 14.1. The zero-order chi connectivity index (χ0) is 15.8. The first-order valence-corrected chi connectivity index (χ1v) is 8.96. The number of rotatable bonds is 7. The molecule has 0 amide bonds. The number of hydrogen-bond donors (Lipinski definition) is 0. The number of aryl methyl sites for hydroxylation is 1. The minimum Gasteiger partial charge on any atom is -0.239 e. The van der Waals surface area contributed by atoms with Gasteiger partial charge in [0.2, 0.25) is 0 Å². The van der Waals surface area contributed by atoms with E-state index in [1.807, 2.05) is 12.4 Å². The highest BCUT2D eigenvalue weighted by molar-refractivity contribution is 5.22. The van der Waals surface area contributed by atoms with Gasteiger partial charge in [0, 0.05) is 12.4 Å². The van der Waals surface area contributed by atoms with Gasteiger partial charge in [0.05, 0.1) is 6.07 Å². The van der Waals surface area contributed by atoms with Crippen LogP contribution in [0.4, 0.5) is 0 Å². The highest BCUT2D eigenvalue weighted by atomic mass is 14.9. The lowest BCUT2D eigenvalue weighted by Crippen LogP contribution is -2.32. The Morgan fingerprint density at radius 2 is 1.77 bits per heavy atom. The molecule has 1 aliphatic rings. The third kappa shape index (κ3) is 4.06. The van der Waals surface area contributed by atoms with Gasteiger partial charge >= 0.3 is 0 Å². The fourth-order valence-electron chi connectivity index (χ4n) is 3.45. The molecule has 0 spiro atoms. The van der Waals surface area contributed by atoms with Crippen molar-refractivity contribution in [2.45, 2.75) is 83.5 Å². The Bertz CT molecular complexity index is 478. The van der Waals surface area contributed by atoms with Crippen LogP contribution in [0.1, 0.15) is 83.0 Å². The molecule has 0 N–H and O–H groups in total. The van der Waals surface area contributed by atoms with Crippen LogP contribution < -0.4 is 0 Å². The predicted molar refractivity (Wildman–Crippen MR) is 89.4 cm³/mol. The van der Waals surface area contributed by atoms with Gasteiger partial charge in [-0.25, -0.2) is 9.97 Å². The minimum absolute atomic E-state index is 0.438. The molecule has 120 valence electrons. The molecular weight excluding hydrogens is 270 g/mol. The molecule has 3 heteroatoms. The normalized spacial score (nSPS) is 24.9. The van der Waals surface area contributed by atoms with Crippen molar-refractivity contribution in [3.63, 3.8) is 0 Å². The van der Waals surface area contributed by atoms with E-state index in [2.05, 4.69) is 29.9 Å². The zero-order valence-electron chi connectivity index (χ0n) is 14.1. The summed E-state index contributed by atoms with van der Waals surface area (Å²) in [6.07, 6.45) is 15.3. The van der Waals surface area contributed by atoms with Crippen molar-refractivity contribution >= 4 is 0 Å². The smallest absolute Gasteiger partial charge is 0.148 e. The summed E-state index contributed by atoms with van der Waals surface area (Å²) in [5.74, 6) is 1.55. The molecule has 22 heavy (non-hydrogen) atoms. The Kier molecular flexibility index (Phi) is 6.36. The van der Waals surface area contributed by atoms with Crippen LogP contribution in [0.3, 0.4) is 0 Å². The van der Waals surface area contributed by atoms with E-state index < -0.39 is 5.41 Å². The number of hydrogen-bond acceptors (Lipinski definition) is 3. The predicted octanol–water partition coefficient (Wildman–Crippen LogP) is 4.96. The molecule has 2 rings (SSSR count). The maximum atomic E-state index is 9.74. The second-order valence-corrected chi connectivity index (χ2v) is 6.80. The second-order valence-electron chi connectivity index (χ2n) is 6.80. The van der Waals surface area contributed by atoms with Gasteiger partial charge in [-0.05, 0) is 50.0 Å². The van der Waals surface area contributed by atoms with Gasteiger partial charge in [0.15, 0.2) is 0 Å². The van der Waals surface area contributed by atoms with E-state index in [1.165, 1.54) is 37.7 Å². The van der Waals surface area contributed by atoms with Gasteiger partial charge in [0.25, 0.3) is 0 Å². The van der Waals surface area contributed by atoms with Crippen molar-refractivity contribution < 1.29 is 0 Å². The first-order valence-electron chi connectivity index (χ1n) is 8.96. The number of nitriles is 1. The average molecular weight is 299 g/mol. The molecule has 0 unspecified atom stereocenters. The fraction of sp³-hybridized carbons (Fsp3) is 0.737. The molecule has 0 atom stereocenters. The monoisotopic (exact) mass is 299 g/mol. The summed E-state index contributed by atoms with van der Waals surface area (Å²) >= 11 is 0. The van der Waals surface area contributed by atoms with E-state index in [9.17, 15) is 5.26 Å². The summed E-state index contributed by atoms with van der Waals surface area (Å²) in [6, 6.07) is 2.55. The Labute approximate surface area is 135 Å². The van der Waals surface area contributed by atoms with E-state index >= 15 is 0 Å². The molecule has 1 aromatic rings. The van der Waals surface area contributed by atoms with Crippen molar-refractivity contribution in [3.8, 4) is 6.07 Å². The molecule has 1 aliphatic carbocycles. The Balaban J connectivity index is 2.01. The standard InChI is InChI=1S/C19H29N3/c1-3-5-7-16-9-11-19(15-20,12-10-16)18-21-13-17(14-22-18)8-6-4-2/h13-14,16H,3-12H2,1-2H3/t16-,19+. The topological polar surface area (TPSA) is 49.6 Å². The molecule has 3 nitrogen and oxygen atoms in total. The van der Waals surface area contributed by atoms with Crippen LogP contribution in [0.15, 0.2) is 12.4 Å². The second kappa shape index (κ2) is 8.27. The van der Waals surface area contributed by atoms with Crippen LogP contribution in [0.2, 0.25) is 0 Å². The maximum Gasteiger partial charge on any atom is 0.148 e. The summed E-state index contributed by atoms with van der Waals surface area (Å²) < 4.78 is 0. The average Bonchev–Trinajstić information content (AvgIpc) is 2.59. The van der Waals surface area contributed by atoms with Crippen LogP contribution >= 0.6 is 0 Å². The Morgan fingerprint density at radius 1 is 1.14 bits per heavy atom. The molecule has 1 fully saturated rings. The van der Waals surface area contributed by atoms with Gasteiger partial charge in [-0.2, -0.15) is 5.26 Å². The van der Waals surface area contributed by atoms with Crippen molar-refractivity contribution in [1.82, 2.24) is 9.97 Å². The van der Waals surface area contributed by atoms with Crippen LogP contribution in [0, 0.1) is 17.2 Å². The number of unbranched alkanes of at least 4 members (excludes halogenated alkanes) is 2. The summed E-state index contributed by atoms with van der Waals surface area (Å²) in [7, 11) is 0. The molecule has 0 aromatic carbocycles. The number of nitrogens with zero attached hydrogens (tertiary/aromatic N) is 3. The van der Waals surface area contributed by atoms with Gasteiger partial charge in [0.1, 0.15) is 11.2 Å². The van der Waals surface area contributed by atoms with E-state index in [0.717, 1.165) is 43.8 Å². The molecule has 0 aliphatic heterocycles. The fourth-order valence-corrected chi connectivity index (χ4v) is 3.45.